The summed E-state index contributed by atoms with van der Waals surface area (Å²) in [6.45, 7) is 2.88. The second-order valence-corrected chi connectivity index (χ2v) is 4.22. The van der Waals surface area contributed by atoms with Gasteiger partial charge in [0.1, 0.15) is 0 Å². The molecule has 0 bridgehead atoms. The quantitative estimate of drug-likeness (QED) is 0.884. The molecule has 0 radical (unpaired) electrons. The summed E-state index contributed by atoms with van der Waals surface area (Å²) in [7, 11) is 0. The van der Waals surface area contributed by atoms with E-state index in [-0.39, 0.29) is 0 Å². The number of benzene rings is 1. The molecule has 0 aliphatic rings. The molecule has 0 fully saturated rings. The van der Waals surface area contributed by atoms with Gasteiger partial charge in [0.05, 0.1) is 16.7 Å². The average molecular weight is 288 g/mol. The molecule has 2 aromatic rings. The summed E-state index contributed by atoms with van der Waals surface area (Å²) in [5, 5.41) is 17.3. The molecule has 0 saturated carbocycles. The van der Waals surface area contributed by atoms with Crippen LogP contribution in [0.4, 0.5) is 5.95 Å². The number of nitrogens with one attached hydrogen (secondary N) is 2. The third-order valence-electron chi connectivity index (χ3n) is 2.14. The Morgan fingerprint density at radius 2 is 2.06 bits per heavy atom. The van der Waals surface area contributed by atoms with Gasteiger partial charge >= 0.3 is 0 Å². The molecule has 18 heavy (non-hydrogen) atoms. The van der Waals surface area contributed by atoms with Gasteiger partial charge in [-0.3, -0.25) is 0 Å². The lowest BCUT2D eigenvalue weighted by Gasteiger charge is -2.10. The fraction of sp³-hybridized carbons (Fsp3) is 0.300. The van der Waals surface area contributed by atoms with Gasteiger partial charge in [0.25, 0.3) is 5.95 Å². The number of nitrogens with zero attached hydrogens (tertiary/aromatic N) is 3. The van der Waals surface area contributed by atoms with E-state index >= 15 is 0 Å². The molecule has 8 heteroatoms. The van der Waals surface area contributed by atoms with E-state index < -0.39 is 0 Å². The topological polar surface area (TPSA) is 75.7 Å². The highest BCUT2D eigenvalue weighted by molar-refractivity contribution is 6.37. The highest BCUT2D eigenvalue weighted by Gasteiger charge is 2.09. The van der Waals surface area contributed by atoms with Crippen LogP contribution in [0.2, 0.25) is 10.0 Å². The van der Waals surface area contributed by atoms with Gasteiger partial charge in [0, 0.05) is 6.54 Å². The number of H-pyrrole nitrogens is 1. The van der Waals surface area contributed by atoms with E-state index in [2.05, 4.69) is 25.9 Å². The predicted octanol–water partition coefficient (Wildman–Crippen LogP) is 2.52. The van der Waals surface area contributed by atoms with Crippen LogP contribution in [0.3, 0.4) is 0 Å². The molecule has 2 rings (SSSR count). The molecule has 0 aliphatic carbocycles. The highest BCUT2D eigenvalue weighted by atomic mass is 35.5. The van der Waals surface area contributed by atoms with Crippen molar-refractivity contribution in [2.75, 3.05) is 11.9 Å². The van der Waals surface area contributed by atoms with E-state index in [1.807, 2.05) is 6.92 Å². The number of aromatic nitrogens is 4. The number of hydrogen-bond donors (Lipinski definition) is 2. The van der Waals surface area contributed by atoms with Crippen molar-refractivity contribution in [3.05, 3.63) is 27.7 Å². The number of hydrogen-bond acceptors (Lipinski definition) is 5. The van der Waals surface area contributed by atoms with E-state index in [9.17, 15) is 0 Å². The van der Waals surface area contributed by atoms with Crippen LogP contribution in [-0.2, 0) is 6.54 Å². The van der Waals surface area contributed by atoms with Crippen LogP contribution in [0.5, 0.6) is 5.75 Å². The Hall–Kier alpha value is -1.53. The monoisotopic (exact) mass is 287 g/mol. The molecular weight excluding hydrogens is 277 g/mol. The lowest BCUT2D eigenvalue weighted by molar-refractivity contribution is 0.340. The maximum Gasteiger partial charge on any atom is 0.263 e. The number of aromatic amines is 1. The largest absolute Gasteiger partial charge is 0.491 e. The van der Waals surface area contributed by atoms with Crippen LogP contribution in [0.25, 0.3) is 0 Å². The Morgan fingerprint density at radius 3 is 2.61 bits per heavy atom. The van der Waals surface area contributed by atoms with Gasteiger partial charge < -0.3 is 10.1 Å². The summed E-state index contributed by atoms with van der Waals surface area (Å²) in [6, 6.07) is 3.57. The lowest BCUT2D eigenvalue weighted by Crippen LogP contribution is -2.02. The molecule has 1 heterocycles. The number of rotatable bonds is 5. The van der Waals surface area contributed by atoms with Gasteiger partial charge in [0.15, 0.2) is 5.75 Å². The third-order valence-corrected chi connectivity index (χ3v) is 2.70. The minimum absolute atomic E-state index is 0.413. The van der Waals surface area contributed by atoms with Gasteiger partial charge in [0.2, 0.25) is 0 Å². The Kier molecular flexibility index (Phi) is 4.22. The van der Waals surface area contributed by atoms with Crippen molar-refractivity contribution in [1.82, 2.24) is 20.6 Å². The zero-order valence-electron chi connectivity index (χ0n) is 9.57. The first-order valence-electron chi connectivity index (χ1n) is 5.28. The number of halogens is 2. The Balaban J connectivity index is 2.10. The van der Waals surface area contributed by atoms with Crippen molar-refractivity contribution in [2.24, 2.45) is 0 Å². The number of tetrazole rings is 1. The van der Waals surface area contributed by atoms with Crippen LogP contribution < -0.4 is 10.1 Å². The molecule has 0 saturated heterocycles. The summed E-state index contributed by atoms with van der Waals surface area (Å²) < 4.78 is 5.35. The van der Waals surface area contributed by atoms with Crippen LogP contribution in [-0.4, -0.2) is 27.2 Å². The molecule has 0 aliphatic heterocycles. The van der Waals surface area contributed by atoms with Crippen molar-refractivity contribution in [3.63, 3.8) is 0 Å². The van der Waals surface area contributed by atoms with Crippen molar-refractivity contribution in [2.45, 2.75) is 13.5 Å². The van der Waals surface area contributed by atoms with E-state index in [0.29, 0.717) is 34.9 Å². The van der Waals surface area contributed by atoms with Crippen LogP contribution in [0.15, 0.2) is 12.1 Å². The van der Waals surface area contributed by atoms with Crippen LogP contribution in [0, 0.1) is 0 Å². The zero-order valence-corrected chi connectivity index (χ0v) is 11.1. The fourth-order valence-electron chi connectivity index (χ4n) is 1.41. The zero-order chi connectivity index (χ0) is 13.0. The molecule has 1 aromatic heterocycles. The second-order valence-electron chi connectivity index (χ2n) is 3.41. The van der Waals surface area contributed by atoms with Gasteiger partial charge in [-0.05, 0) is 29.8 Å². The molecule has 1 aromatic carbocycles. The summed E-state index contributed by atoms with van der Waals surface area (Å²) in [5.74, 6) is 0.917. The number of anilines is 1. The smallest absolute Gasteiger partial charge is 0.263 e. The molecule has 0 unspecified atom stereocenters. The van der Waals surface area contributed by atoms with Gasteiger partial charge in [-0.1, -0.05) is 28.3 Å². The summed E-state index contributed by atoms with van der Waals surface area (Å²) in [6.07, 6.45) is 0. The summed E-state index contributed by atoms with van der Waals surface area (Å²) in [5.41, 5.74) is 0.901. The molecule has 6 nitrogen and oxygen atoms in total. The Bertz CT molecular complexity index is 494. The van der Waals surface area contributed by atoms with Crippen LogP contribution >= 0.6 is 23.2 Å². The second kappa shape index (κ2) is 5.88. The molecule has 96 valence electrons. The average Bonchev–Trinajstić information content (AvgIpc) is 2.84. The SMILES string of the molecule is CCOc1c(Cl)cc(CNc2nn[nH]n2)cc1Cl. The van der Waals surface area contributed by atoms with Crippen molar-refractivity contribution in [3.8, 4) is 5.75 Å². The maximum atomic E-state index is 6.09. The van der Waals surface area contributed by atoms with E-state index in [1.54, 1.807) is 12.1 Å². The van der Waals surface area contributed by atoms with E-state index in [4.69, 9.17) is 27.9 Å². The predicted molar refractivity (Wildman–Crippen MR) is 69.1 cm³/mol. The normalized spacial score (nSPS) is 10.4. The molecule has 0 spiro atoms. The van der Waals surface area contributed by atoms with Gasteiger partial charge in [-0.15, -0.1) is 5.10 Å². The summed E-state index contributed by atoms with van der Waals surface area (Å²) >= 11 is 12.2. The highest BCUT2D eigenvalue weighted by Crippen LogP contribution is 2.34. The standard InChI is InChI=1S/C10H11Cl2N5O/c1-2-18-9-7(11)3-6(4-8(9)12)5-13-10-14-16-17-15-10/h3-4H,2,5H2,1H3,(H2,13,14,15,16,17). The molecular formula is C10H11Cl2N5O. The lowest BCUT2D eigenvalue weighted by atomic mass is 10.2. The minimum Gasteiger partial charge on any atom is -0.491 e. The van der Waals surface area contributed by atoms with Crippen molar-refractivity contribution >= 4 is 29.2 Å². The molecule has 0 atom stereocenters. The molecule has 2 N–H and O–H groups in total. The van der Waals surface area contributed by atoms with Gasteiger partial charge in [-0.25, -0.2) is 0 Å². The van der Waals surface area contributed by atoms with Crippen LogP contribution in [0.1, 0.15) is 12.5 Å². The first-order chi connectivity index (χ1) is 8.70. The first kappa shape index (κ1) is 12.9. The molecule has 0 amide bonds. The third kappa shape index (κ3) is 3.02. The Morgan fingerprint density at radius 1 is 1.33 bits per heavy atom. The van der Waals surface area contributed by atoms with Crippen molar-refractivity contribution < 1.29 is 4.74 Å². The number of ether oxygens (including phenoxy) is 1. The van der Waals surface area contributed by atoms with E-state index in [1.165, 1.54) is 0 Å². The van der Waals surface area contributed by atoms with E-state index in [0.717, 1.165) is 5.56 Å². The minimum atomic E-state index is 0.413. The van der Waals surface area contributed by atoms with Gasteiger partial charge in [-0.2, -0.15) is 5.21 Å². The Labute approximate surface area is 114 Å². The summed E-state index contributed by atoms with van der Waals surface area (Å²) in [4.78, 5) is 0. The first-order valence-corrected chi connectivity index (χ1v) is 6.04. The maximum absolute atomic E-state index is 6.09. The fourth-order valence-corrected chi connectivity index (χ4v) is 2.06. The van der Waals surface area contributed by atoms with Crippen molar-refractivity contribution in [1.29, 1.82) is 0 Å².